The number of hydrogen-bond donors (Lipinski definition) is 2. The van der Waals surface area contributed by atoms with Gasteiger partial charge in [0.25, 0.3) is 0 Å². The van der Waals surface area contributed by atoms with Crippen LogP contribution in [0.2, 0.25) is 0 Å². The Balaban J connectivity index is 2.22. The first-order valence-corrected chi connectivity index (χ1v) is 5.02. The molecule has 0 unspecified atom stereocenters. The Hall–Kier alpha value is -1.43. The predicted octanol–water partition coefficient (Wildman–Crippen LogP) is -0.245. The summed E-state index contributed by atoms with van der Waals surface area (Å²) in [5.41, 5.74) is 6.19. The van der Waals surface area contributed by atoms with E-state index in [-0.39, 0.29) is 17.3 Å². The van der Waals surface area contributed by atoms with Gasteiger partial charge in [0.15, 0.2) is 0 Å². The lowest BCUT2D eigenvalue weighted by molar-refractivity contribution is -0.119. The van der Waals surface area contributed by atoms with Crippen LogP contribution in [0.25, 0.3) is 0 Å². The lowest BCUT2D eigenvalue weighted by atomic mass is 10.3. The fourth-order valence-corrected chi connectivity index (χ4v) is 1.28. The first-order chi connectivity index (χ1) is 7.08. The van der Waals surface area contributed by atoms with Gasteiger partial charge in [-0.2, -0.15) is 5.10 Å². The van der Waals surface area contributed by atoms with Crippen molar-refractivity contribution in [1.29, 1.82) is 0 Å². The summed E-state index contributed by atoms with van der Waals surface area (Å²) >= 11 is 4.62. The highest BCUT2D eigenvalue weighted by Gasteiger charge is 2.02. The fourth-order valence-electron chi connectivity index (χ4n) is 1.15. The molecular weight excluding hydrogens is 212 g/mol. The molecule has 1 heterocycles. The molecule has 0 saturated carbocycles. The van der Waals surface area contributed by atoms with Crippen LogP contribution in [0.1, 0.15) is 12.1 Å². The zero-order valence-corrected chi connectivity index (χ0v) is 9.38. The minimum absolute atomic E-state index is 0.109. The molecule has 82 valence electrons. The van der Waals surface area contributed by atoms with E-state index in [9.17, 15) is 4.79 Å². The molecule has 1 rings (SSSR count). The molecule has 5 nitrogen and oxygen atoms in total. The molecule has 0 aromatic carbocycles. The summed E-state index contributed by atoms with van der Waals surface area (Å²) in [6.45, 7) is 0.554. The number of carbonyl (C=O) groups is 1. The maximum Gasteiger partial charge on any atom is 0.226 e. The highest BCUT2D eigenvalue weighted by Crippen LogP contribution is 1.94. The summed E-state index contributed by atoms with van der Waals surface area (Å²) in [6.07, 6.45) is 2.69. The number of nitrogens with one attached hydrogen (secondary N) is 1. The van der Waals surface area contributed by atoms with Crippen LogP contribution in [0.5, 0.6) is 0 Å². The van der Waals surface area contributed by atoms with Gasteiger partial charge in [0.05, 0.1) is 17.1 Å². The minimum atomic E-state index is -0.140. The first kappa shape index (κ1) is 11.6. The molecular formula is C9H14N4OS. The highest BCUT2D eigenvalue weighted by molar-refractivity contribution is 7.80. The quantitative estimate of drug-likeness (QED) is 0.679. The lowest BCUT2D eigenvalue weighted by Crippen LogP contribution is -2.29. The molecule has 1 aromatic heterocycles. The Morgan fingerprint density at radius 2 is 2.47 bits per heavy atom. The van der Waals surface area contributed by atoms with Crippen LogP contribution in [-0.2, 0) is 18.3 Å². The van der Waals surface area contributed by atoms with Gasteiger partial charge in [0.2, 0.25) is 5.91 Å². The van der Waals surface area contributed by atoms with Crippen LogP contribution < -0.4 is 11.1 Å². The normalized spacial score (nSPS) is 9.93. The summed E-state index contributed by atoms with van der Waals surface area (Å²) in [5.74, 6) is -0.140. The summed E-state index contributed by atoms with van der Waals surface area (Å²) in [6, 6.07) is 1.92. The number of hydrogen-bond acceptors (Lipinski definition) is 3. The van der Waals surface area contributed by atoms with Gasteiger partial charge >= 0.3 is 0 Å². The number of aryl methyl sites for hydroxylation is 1. The molecule has 0 fully saturated rings. The van der Waals surface area contributed by atoms with Crippen molar-refractivity contribution in [3.8, 4) is 0 Å². The topological polar surface area (TPSA) is 72.9 Å². The van der Waals surface area contributed by atoms with E-state index in [0.29, 0.717) is 13.0 Å². The average Bonchev–Trinajstić information content (AvgIpc) is 2.50. The lowest BCUT2D eigenvalue weighted by Gasteiger charge is -2.02. The summed E-state index contributed by atoms with van der Waals surface area (Å²) in [7, 11) is 1.86. The maximum atomic E-state index is 11.1. The fraction of sp³-hybridized carbons (Fsp3) is 0.444. The molecule has 1 aromatic rings. The Morgan fingerprint density at radius 3 is 3.00 bits per heavy atom. The van der Waals surface area contributed by atoms with Crippen molar-refractivity contribution in [2.75, 3.05) is 6.54 Å². The van der Waals surface area contributed by atoms with E-state index in [2.05, 4.69) is 22.6 Å². The van der Waals surface area contributed by atoms with E-state index >= 15 is 0 Å². The molecule has 1 amide bonds. The van der Waals surface area contributed by atoms with Crippen molar-refractivity contribution in [1.82, 2.24) is 15.1 Å². The number of aromatic nitrogens is 2. The van der Waals surface area contributed by atoms with Gasteiger partial charge in [0, 0.05) is 26.2 Å². The Labute approximate surface area is 93.6 Å². The Kier molecular flexibility index (Phi) is 4.23. The third-order valence-electron chi connectivity index (χ3n) is 1.81. The van der Waals surface area contributed by atoms with Crippen molar-refractivity contribution in [2.24, 2.45) is 12.8 Å². The van der Waals surface area contributed by atoms with Crippen molar-refractivity contribution >= 4 is 23.1 Å². The molecule has 15 heavy (non-hydrogen) atoms. The molecule has 0 saturated heterocycles. The van der Waals surface area contributed by atoms with Crippen LogP contribution >= 0.6 is 12.2 Å². The summed E-state index contributed by atoms with van der Waals surface area (Å²) in [5, 5.41) is 6.90. The van der Waals surface area contributed by atoms with Gasteiger partial charge in [0.1, 0.15) is 0 Å². The molecule has 0 aliphatic carbocycles. The second kappa shape index (κ2) is 5.45. The van der Waals surface area contributed by atoms with Crippen molar-refractivity contribution in [2.45, 2.75) is 12.8 Å². The largest absolute Gasteiger partial charge is 0.393 e. The number of thiocarbonyl (C=S) groups is 1. The van der Waals surface area contributed by atoms with Gasteiger partial charge in [-0.1, -0.05) is 12.2 Å². The maximum absolute atomic E-state index is 11.1. The molecule has 0 spiro atoms. The number of amides is 1. The number of carbonyl (C=O) groups excluding carboxylic acids is 1. The second-order valence-corrected chi connectivity index (χ2v) is 3.75. The van der Waals surface area contributed by atoms with Crippen LogP contribution in [0.3, 0.4) is 0 Å². The molecule has 0 radical (unpaired) electrons. The number of rotatable bonds is 5. The predicted molar refractivity (Wildman–Crippen MR) is 61.3 cm³/mol. The molecule has 0 aliphatic rings. The number of nitrogens with zero attached hydrogens (tertiary/aromatic N) is 2. The van der Waals surface area contributed by atoms with Gasteiger partial charge < -0.3 is 11.1 Å². The van der Waals surface area contributed by atoms with Crippen molar-refractivity contribution < 1.29 is 4.79 Å². The summed E-state index contributed by atoms with van der Waals surface area (Å²) < 4.78 is 1.73. The Morgan fingerprint density at radius 1 is 1.73 bits per heavy atom. The molecule has 0 bridgehead atoms. The third kappa shape index (κ3) is 4.55. The van der Waals surface area contributed by atoms with Gasteiger partial charge in [-0.25, -0.2) is 0 Å². The molecule has 3 N–H and O–H groups in total. The van der Waals surface area contributed by atoms with Gasteiger partial charge in [-0.05, 0) is 6.07 Å². The van der Waals surface area contributed by atoms with E-state index < -0.39 is 0 Å². The van der Waals surface area contributed by atoms with E-state index in [1.54, 1.807) is 4.68 Å². The second-order valence-electron chi connectivity index (χ2n) is 3.22. The molecule has 0 aliphatic heterocycles. The molecule has 0 atom stereocenters. The minimum Gasteiger partial charge on any atom is -0.393 e. The smallest absolute Gasteiger partial charge is 0.226 e. The van der Waals surface area contributed by atoms with Crippen LogP contribution in [-0.4, -0.2) is 27.2 Å². The standard InChI is InChI=1S/C9H14N4OS/c1-13-5-3-7(12-13)2-4-11-9(14)6-8(10)15/h3,5H,2,4,6H2,1H3,(H2,10,15)(H,11,14). The van der Waals surface area contributed by atoms with E-state index in [4.69, 9.17) is 5.73 Å². The highest BCUT2D eigenvalue weighted by atomic mass is 32.1. The van der Waals surface area contributed by atoms with E-state index in [1.165, 1.54) is 0 Å². The van der Waals surface area contributed by atoms with Gasteiger partial charge in [-0.15, -0.1) is 0 Å². The zero-order valence-electron chi connectivity index (χ0n) is 8.56. The number of nitrogens with two attached hydrogens (primary N) is 1. The van der Waals surface area contributed by atoms with Crippen LogP contribution in [0.15, 0.2) is 12.3 Å². The third-order valence-corrected chi connectivity index (χ3v) is 1.95. The monoisotopic (exact) mass is 226 g/mol. The SMILES string of the molecule is Cn1ccc(CCNC(=O)CC(N)=S)n1. The Bertz CT molecular complexity index is 361. The van der Waals surface area contributed by atoms with E-state index in [0.717, 1.165) is 5.69 Å². The summed E-state index contributed by atoms with van der Waals surface area (Å²) in [4.78, 5) is 11.4. The zero-order chi connectivity index (χ0) is 11.3. The van der Waals surface area contributed by atoms with Gasteiger partial charge in [-0.3, -0.25) is 9.48 Å². The first-order valence-electron chi connectivity index (χ1n) is 4.61. The average molecular weight is 226 g/mol. The van der Waals surface area contributed by atoms with E-state index in [1.807, 2.05) is 19.3 Å². The van der Waals surface area contributed by atoms with Crippen molar-refractivity contribution in [3.05, 3.63) is 18.0 Å². The van der Waals surface area contributed by atoms with Crippen molar-refractivity contribution in [3.63, 3.8) is 0 Å². The molecule has 6 heteroatoms. The van der Waals surface area contributed by atoms with Crippen LogP contribution in [0.4, 0.5) is 0 Å². The van der Waals surface area contributed by atoms with Crippen LogP contribution in [0, 0.1) is 0 Å².